The Balaban J connectivity index is 1.19. The molecule has 7 N–H and O–H groups in total. The maximum Gasteiger partial charge on any atom is 0.386 e. The highest BCUT2D eigenvalue weighted by Gasteiger charge is 2.51. The Bertz CT molecular complexity index is 1740. The van der Waals surface area contributed by atoms with Gasteiger partial charge in [-0.2, -0.15) is 0 Å². The highest BCUT2D eigenvalue weighted by atomic mass is 32.7. The number of anilines is 2. The quantitative estimate of drug-likeness (QED) is 0.116. The summed E-state index contributed by atoms with van der Waals surface area (Å²) in [6.45, 7) is -5.86. The Morgan fingerprint density at radius 3 is 2.67 bits per heavy atom. The number of nitrogens with zero attached hydrogens (tertiary/aromatic N) is 5. The number of aliphatic hydroxyl groups is 2. The lowest BCUT2D eigenvalue weighted by molar-refractivity contribution is -0.0528. The molecular weight excluding hydrogens is 605 g/mol. The van der Waals surface area contributed by atoms with Crippen molar-refractivity contribution in [1.82, 2.24) is 29.1 Å². The van der Waals surface area contributed by atoms with E-state index < -0.39 is 74.8 Å². The molecule has 6 rings (SSSR count). The van der Waals surface area contributed by atoms with Gasteiger partial charge in [0.2, 0.25) is 0 Å². The average Bonchev–Trinajstić information content (AvgIpc) is 3.69. The molecule has 20 heteroatoms. The van der Waals surface area contributed by atoms with Crippen LogP contribution in [0.25, 0.3) is 22.1 Å². The number of aromatic nitrogens is 6. The largest absolute Gasteiger partial charge is 0.394 e. The van der Waals surface area contributed by atoms with E-state index in [4.69, 9.17) is 30.0 Å². The molecule has 0 amide bonds. The van der Waals surface area contributed by atoms with Gasteiger partial charge < -0.3 is 45.3 Å². The second kappa shape index (κ2) is 10.8. The number of imidazole rings is 1. The van der Waals surface area contributed by atoms with E-state index in [0.29, 0.717) is 5.39 Å². The van der Waals surface area contributed by atoms with Gasteiger partial charge in [0.15, 0.2) is 30.3 Å². The van der Waals surface area contributed by atoms with Gasteiger partial charge in [0.05, 0.1) is 30.4 Å². The lowest BCUT2D eigenvalue weighted by atomic mass is 10.1. The fourth-order valence-electron chi connectivity index (χ4n) is 5.06. The SMILES string of the molecule is Nc1cc2c(ncn2[C@@H]2O[C@H](CO)[C@@H](F)[C@H]2OP(=O)(S)OC[C@H]2O[C@@H](n3ccc4c(N)ncnc43)[C@@H](F)[C@@H]2O)c(=O)[nH]1. The molecule has 2 fully saturated rings. The number of alkyl halides is 2. The van der Waals surface area contributed by atoms with Crippen molar-refractivity contribution in [2.24, 2.45) is 0 Å². The lowest BCUT2D eigenvalue weighted by Gasteiger charge is -2.25. The number of nitrogens with one attached hydrogen (secondary N) is 1. The van der Waals surface area contributed by atoms with E-state index in [1.807, 2.05) is 0 Å². The van der Waals surface area contributed by atoms with Crippen LogP contribution in [-0.2, 0) is 23.1 Å². The molecule has 226 valence electrons. The van der Waals surface area contributed by atoms with Crippen LogP contribution in [-0.4, -0.2) is 89.3 Å². The van der Waals surface area contributed by atoms with Crippen LogP contribution in [0.15, 0.2) is 35.8 Å². The van der Waals surface area contributed by atoms with Gasteiger partial charge in [-0.25, -0.2) is 28.3 Å². The molecule has 9 atom stereocenters. The number of pyridine rings is 1. The van der Waals surface area contributed by atoms with Crippen molar-refractivity contribution < 1.29 is 42.1 Å². The number of rotatable bonds is 8. The molecule has 0 saturated carbocycles. The first-order valence-electron chi connectivity index (χ1n) is 12.4. The second-order valence-electron chi connectivity index (χ2n) is 9.69. The summed E-state index contributed by atoms with van der Waals surface area (Å²) in [5.74, 6) is 0.162. The standard InChI is InChI=1S/C22H25F2N8O8PS/c23-13-10(4-33)38-22(32-7-29-15-9(32)3-12(25)30-20(15)35)17(13)40-41(36,42)37-5-11-16(34)14(24)21(39-11)31-2-1-8-18(26)27-6-28-19(8)31/h1-3,6-7,10-11,13-14,16-17,21-22,33-34H,4-5H2,(H,36,42)(H3,25,30,35)(H2,26,27,28)/t10-,11-,13-,14+,16-,17-,21-,22-,41?/m1/s1. The summed E-state index contributed by atoms with van der Waals surface area (Å²) in [7, 11) is 0. The number of aromatic amines is 1. The molecule has 42 heavy (non-hydrogen) atoms. The zero-order valence-corrected chi connectivity index (χ0v) is 23.1. The van der Waals surface area contributed by atoms with Crippen molar-refractivity contribution in [3.05, 3.63) is 41.3 Å². The predicted octanol–water partition coefficient (Wildman–Crippen LogP) is 0.598. The number of thiol groups is 1. The molecule has 0 bridgehead atoms. The Kier molecular flexibility index (Phi) is 7.47. The number of H-pyrrole nitrogens is 1. The number of hydrogen-bond donors (Lipinski definition) is 6. The molecule has 1 unspecified atom stereocenters. The van der Waals surface area contributed by atoms with Crippen molar-refractivity contribution >= 4 is 52.7 Å². The van der Waals surface area contributed by atoms with E-state index in [1.54, 1.807) is 6.07 Å². The van der Waals surface area contributed by atoms with Gasteiger partial charge >= 0.3 is 6.80 Å². The molecule has 2 aliphatic heterocycles. The van der Waals surface area contributed by atoms with Gasteiger partial charge in [-0.05, 0) is 6.07 Å². The monoisotopic (exact) mass is 630 g/mol. The topological polar surface area (TPSA) is 228 Å². The first kappa shape index (κ1) is 28.9. The van der Waals surface area contributed by atoms with Crippen LogP contribution >= 0.6 is 19.0 Å². The van der Waals surface area contributed by atoms with Crippen molar-refractivity contribution in [2.45, 2.75) is 49.2 Å². The highest BCUT2D eigenvalue weighted by molar-refractivity contribution is 8.44. The summed E-state index contributed by atoms with van der Waals surface area (Å²) >= 11 is 3.93. The van der Waals surface area contributed by atoms with Crippen LogP contribution in [0.5, 0.6) is 0 Å². The summed E-state index contributed by atoms with van der Waals surface area (Å²) < 4.78 is 68.2. The first-order valence-corrected chi connectivity index (χ1v) is 15.1. The van der Waals surface area contributed by atoms with E-state index in [1.165, 1.54) is 34.1 Å². The van der Waals surface area contributed by atoms with E-state index in [9.17, 15) is 19.6 Å². The van der Waals surface area contributed by atoms with Crippen LogP contribution in [0, 0.1) is 0 Å². The van der Waals surface area contributed by atoms with Crippen LogP contribution in [0.2, 0.25) is 0 Å². The fraction of sp³-hybridized carbons (Fsp3) is 0.455. The van der Waals surface area contributed by atoms with Crippen molar-refractivity contribution in [3.63, 3.8) is 0 Å². The maximum atomic E-state index is 15.3. The zero-order chi connectivity index (χ0) is 29.9. The van der Waals surface area contributed by atoms with Gasteiger partial charge in [0, 0.05) is 12.3 Å². The summed E-state index contributed by atoms with van der Waals surface area (Å²) in [6.07, 6.45) is -8.95. The minimum absolute atomic E-state index is 0.00756. The van der Waals surface area contributed by atoms with Crippen molar-refractivity contribution in [2.75, 3.05) is 24.7 Å². The van der Waals surface area contributed by atoms with Crippen molar-refractivity contribution in [1.29, 1.82) is 0 Å². The van der Waals surface area contributed by atoms with E-state index >= 15 is 8.78 Å². The van der Waals surface area contributed by atoms with Crippen LogP contribution in [0.4, 0.5) is 20.4 Å². The number of fused-ring (bicyclic) bond motifs is 2. The molecule has 4 aromatic heterocycles. The molecule has 0 aliphatic carbocycles. The van der Waals surface area contributed by atoms with Crippen LogP contribution in [0.1, 0.15) is 12.5 Å². The molecule has 4 aromatic rings. The molecular formula is C22H25F2N8O8PS. The molecule has 2 saturated heterocycles. The average molecular weight is 631 g/mol. The fourth-order valence-corrected chi connectivity index (χ4v) is 6.51. The Morgan fingerprint density at radius 1 is 1.14 bits per heavy atom. The Labute approximate surface area is 239 Å². The molecule has 16 nitrogen and oxygen atoms in total. The first-order chi connectivity index (χ1) is 20.0. The number of ether oxygens (including phenoxy) is 2. The number of nitrogens with two attached hydrogens (primary N) is 2. The van der Waals surface area contributed by atoms with E-state index in [-0.39, 0.29) is 28.3 Å². The van der Waals surface area contributed by atoms with Gasteiger partial charge in [0.1, 0.15) is 48.0 Å². The summed E-state index contributed by atoms with van der Waals surface area (Å²) in [5.41, 5.74) is 11.3. The third-order valence-corrected chi connectivity index (χ3v) is 8.69. The third kappa shape index (κ3) is 4.94. The Morgan fingerprint density at radius 2 is 1.90 bits per heavy atom. The van der Waals surface area contributed by atoms with Gasteiger partial charge in [0.25, 0.3) is 5.56 Å². The van der Waals surface area contributed by atoms with Crippen LogP contribution in [0.3, 0.4) is 0 Å². The number of aliphatic hydroxyl groups excluding tert-OH is 2. The summed E-state index contributed by atoms with van der Waals surface area (Å²) in [5, 5.41) is 20.6. The number of hydrogen-bond acceptors (Lipinski definition) is 13. The molecule has 6 heterocycles. The minimum Gasteiger partial charge on any atom is -0.394 e. The van der Waals surface area contributed by atoms with Crippen LogP contribution < -0.4 is 17.0 Å². The van der Waals surface area contributed by atoms with E-state index in [0.717, 1.165) is 0 Å². The van der Waals surface area contributed by atoms with Gasteiger partial charge in [-0.15, -0.1) is 0 Å². The molecule has 2 aliphatic rings. The lowest BCUT2D eigenvalue weighted by Crippen LogP contribution is -2.33. The minimum atomic E-state index is -4.45. The zero-order valence-electron chi connectivity index (χ0n) is 21.3. The molecule has 0 radical (unpaired) electrons. The third-order valence-electron chi connectivity index (χ3n) is 7.08. The molecule has 0 aromatic carbocycles. The number of nitrogen functional groups attached to an aromatic ring is 2. The van der Waals surface area contributed by atoms with Crippen molar-refractivity contribution in [3.8, 4) is 0 Å². The van der Waals surface area contributed by atoms with Gasteiger partial charge in [-0.1, -0.05) is 12.2 Å². The summed E-state index contributed by atoms with van der Waals surface area (Å²) in [4.78, 5) is 26.6. The Hall–Kier alpha value is -3.16. The maximum absolute atomic E-state index is 15.3. The molecule has 0 spiro atoms. The number of halogens is 2. The highest BCUT2D eigenvalue weighted by Crippen LogP contribution is 2.57. The second-order valence-corrected chi connectivity index (χ2v) is 12.6. The smallest absolute Gasteiger partial charge is 0.386 e. The normalized spacial score (nSPS) is 31.3. The van der Waals surface area contributed by atoms with E-state index in [2.05, 4.69) is 32.2 Å². The van der Waals surface area contributed by atoms with Gasteiger partial charge in [-0.3, -0.25) is 13.8 Å². The predicted molar refractivity (Wildman–Crippen MR) is 145 cm³/mol. The summed E-state index contributed by atoms with van der Waals surface area (Å²) in [6, 6.07) is 2.92.